The maximum atomic E-state index is 11.2. The maximum Gasteiger partial charge on any atom is 0.237 e. The van der Waals surface area contributed by atoms with E-state index >= 15 is 0 Å². The molecule has 1 fully saturated rings. The number of carbonyl (C=O) groups is 1. The first-order chi connectivity index (χ1) is 6.48. The van der Waals surface area contributed by atoms with E-state index in [1.165, 1.54) is 11.0 Å². The van der Waals surface area contributed by atoms with Gasteiger partial charge in [0.05, 0.1) is 5.54 Å². The number of hydrogen-bond acceptors (Lipinski definition) is 5. The molecule has 0 aromatic carbocycles. The van der Waals surface area contributed by atoms with Crippen LogP contribution in [0.3, 0.4) is 0 Å². The lowest BCUT2D eigenvalue weighted by Crippen LogP contribution is -2.58. The van der Waals surface area contributed by atoms with Gasteiger partial charge in [-0.2, -0.15) is 0 Å². The van der Waals surface area contributed by atoms with E-state index < -0.39 is 5.54 Å². The Labute approximate surface area is 94.1 Å². The van der Waals surface area contributed by atoms with Gasteiger partial charge < -0.3 is 5.73 Å². The third-order valence-corrected chi connectivity index (χ3v) is 4.04. The van der Waals surface area contributed by atoms with Crippen molar-refractivity contribution < 1.29 is 4.79 Å². The number of thiol groups is 1. The molecule has 2 N–H and O–H groups in total. The third-order valence-electron chi connectivity index (χ3n) is 2.75. The van der Waals surface area contributed by atoms with Crippen molar-refractivity contribution in [1.82, 2.24) is 9.21 Å². The second-order valence-corrected chi connectivity index (χ2v) is 5.09. The first kappa shape index (κ1) is 12.2. The Hall–Kier alpha value is 0.0900. The number of amides is 1. The zero-order chi connectivity index (χ0) is 10.8. The molecule has 1 saturated heterocycles. The minimum absolute atomic E-state index is 0.260. The van der Waals surface area contributed by atoms with Crippen molar-refractivity contribution in [2.45, 2.75) is 19.4 Å². The fraction of sp³-hybridized carbons (Fsp3) is 0.875. The molecule has 0 aliphatic carbocycles. The molecule has 0 atom stereocenters. The molecule has 1 aliphatic rings. The van der Waals surface area contributed by atoms with Crippen LogP contribution in [0.1, 0.15) is 13.8 Å². The number of carbonyl (C=O) groups excluding carboxylic acids is 1. The summed E-state index contributed by atoms with van der Waals surface area (Å²) in [7, 11) is 1.45. The van der Waals surface area contributed by atoms with Crippen molar-refractivity contribution in [3.63, 3.8) is 0 Å². The van der Waals surface area contributed by atoms with Gasteiger partial charge in [-0.15, -0.1) is 0 Å². The Morgan fingerprint density at radius 1 is 1.36 bits per heavy atom. The minimum atomic E-state index is -0.534. The largest absolute Gasteiger partial charge is 0.368 e. The highest BCUT2D eigenvalue weighted by molar-refractivity contribution is 8.67. The van der Waals surface area contributed by atoms with Crippen LogP contribution in [-0.2, 0) is 4.79 Å². The van der Waals surface area contributed by atoms with Crippen molar-refractivity contribution in [1.29, 1.82) is 0 Å². The molecule has 0 radical (unpaired) electrons. The van der Waals surface area contributed by atoms with Gasteiger partial charge in [0.2, 0.25) is 5.91 Å². The van der Waals surface area contributed by atoms with Gasteiger partial charge in [-0.25, -0.2) is 4.31 Å². The summed E-state index contributed by atoms with van der Waals surface area (Å²) in [5, 5.41) is 0. The molecule has 0 aromatic rings. The SMILES string of the molecule is CC(C)(C(N)=O)N1CCN(SS)CC1. The molecule has 1 aliphatic heterocycles. The first-order valence-electron chi connectivity index (χ1n) is 4.60. The van der Waals surface area contributed by atoms with E-state index in [0.717, 1.165) is 26.2 Å². The molecule has 1 amide bonds. The fourth-order valence-electron chi connectivity index (χ4n) is 1.48. The van der Waals surface area contributed by atoms with Crippen LogP contribution >= 0.6 is 22.6 Å². The monoisotopic (exact) mass is 235 g/mol. The van der Waals surface area contributed by atoms with Gasteiger partial charge >= 0.3 is 0 Å². The fourth-order valence-corrected chi connectivity index (χ4v) is 2.30. The number of nitrogens with zero attached hydrogens (tertiary/aromatic N) is 2. The molecule has 0 unspecified atom stereocenters. The average Bonchev–Trinajstić information content (AvgIpc) is 2.17. The predicted octanol–water partition coefficient (Wildman–Crippen LogP) is 0.361. The molecule has 0 bridgehead atoms. The van der Waals surface area contributed by atoms with Crippen LogP contribution in [0.4, 0.5) is 0 Å². The summed E-state index contributed by atoms with van der Waals surface area (Å²) in [4.78, 5) is 13.3. The van der Waals surface area contributed by atoms with Crippen molar-refractivity contribution in [2.75, 3.05) is 26.2 Å². The Morgan fingerprint density at radius 3 is 2.21 bits per heavy atom. The van der Waals surface area contributed by atoms with E-state index in [-0.39, 0.29) is 5.91 Å². The summed E-state index contributed by atoms with van der Waals surface area (Å²) < 4.78 is 2.16. The zero-order valence-corrected chi connectivity index (χ0v) is 10.3. The zero-order valence-electron chi connectivity index (χ0n) is 8.56. The van der Waals surface area contributed by atoms with Crippen LogP contribution in [0.15, 0.2) is 0 Å². The van der Waals surface area contributed by atoms with E-state index in [2.05, 4.69) is 20.9 Å². The first-order valence-corrected chi connectivity index (χ1v) is 6.42. The molecular weight excluding hydrogens is 218 g/mol. The van der Waals surface area contributed by atoms with Gasteiger partial charge in [0.15, 0.2) is 0 Å². The van der Waals surface area contributed by atoms with E-state index in [9.17, 15) is 4.79 Å². The molecular formula is C8H17N3OS2. The summed E-state index contributed by atoms with van der Waals surface area (Å²) in [6.45, 7) is 7.32. The highest BCUT2D eigenvalue weighted by Crippen LogP contribution is 2.21. The summed E-state index contributed by atoms with van der Waals surface area (Å²) in [6.07, 6.45) is 0. The number of primary amides is 1. The topological polar surface area (TPSA) is 49.6 Å². The Bertz CT molecular complexity index is 215. The molecule has 14 heavy (non-hydrogen) atoms. The van der Waals surface area contributed by atoms with Crippen LogP contribution in [0, 0.1) is 0 Å². The third kappa shape index (κ3) is 2.56. The molecule has 82 valence electrons. The van der Waals surface area contributed by atoms with Gasteiger partial charge in [-0.3, -0.25) is 9.69 Å². The molecule has 0 aromatic heterocycles. The normalized spacial score (nSPS) is 21.1. The van der Waals surface area contributed by atoms with E-state index in [1.807, 2.05) is 13.8 Å². The van der Waals surface area contributed by atoms with Crippen molar-refractivity contribution in [3.05, 3.63) is 0 Å². The van der Waals surface area contributed by atoms with Gasteiger partial charge in [-0.05, 0) is 24.8 Å². The molecule has 0 spiro atoms. The second kappa shape index (κ2) is 4.74. The van der Waals surface area contributed by atoms with Crippen LogP contribution in [0.2, 0.25) is 0 Å². The number of hydrogen-bond donors (Lipinski definition) is 2. The second-order valence-electron chi connectivity index (χ2n) is 3.92. The molecule has 1 heterocycles. The lowest BCUT2D eigenvalue weighted by Gasteiger charge is -2.41. The van der Waals surface area contributed by atoms with Crippen molar-refractivity contribution >= 4 is 28.5 Å². The lowest BCUT2D eigenvalue weighted by atomic mass is 10.0. The van der Waals surface area contributed by atoms with Crippen LogP contribution in [-0.4, -0.2) is 46.8 Å². The highest BCUT2D eigenvalue weighted by Gasteiger charge is 2.34. The summed E-state index contributed by atoms with van der Waals surface area (Å²) in [5.41, 5.74) is 4.82. The van der Waals surface area contributed by atoms with Crippen LogP contribution in [0.25, 0.3) is 0 Å². The van der Waals surface area contributed by atoms with E-state index in [4.69, 9.17) is 5.73 Å². The Balaban J connectivity index is 2.53. The van der Waals surface area contributed by atoms with Crippen LogP contribution in [0.5, 0.6) is 0 Å². The Morgan fingerprint density at radius 2 is 1.86 bits per heavy atom. The molecule has 6 heteroatoms. The Kier molecular flexibility index (Phi) is 4.12. The summed E-state index contributed by atoms with van der Waals surface area (Å²) in [6, 6.07) is 0. The molecule has 1 rings (SSSR count). The number of rotatable bonds is 3. The standard InChI is InChI=1S/C8H17N3OS2/c1-8(2,7(9)12)10-3-5-11(14-13)6-4-10/h13H,3-6H2,1-2H3,(H2,9,12). The quantitative estimate of drug-likeness (QED) is 0.421. The van der Waals surface area contributed by atoms with Gasteiger partial charge in [0.1, 0.15) is 0 Å². The van der Waals surface area contributed by atoms with Crippen molar-refractivity contribution in [2.24, 2.45) is 5.73 Å². The number of nitrogens with two attached hydrogens (primary N) is 1. The lowest BCUT2D eigenvalue weighted by molar-refractivity contribution is -0.129. The summed E-state index contributed by atoms with van der Waals surface area (Å²) in [5.74, 6) is -0.260. The highest BCUT2D eigenvalue weighted by atomic mass is 33.1. The average molecular weight is 235 g/mol. The van der Waals surface area contributed by atoms with E-state index in [1.54, 1.807) is 0 Å². The predicted molar refractivity (Wildman–Crippen MR) is 63.0 cm³/mol. The van der Waals surface area contributed by atoms with Crippen LogP contribution < -0.4 is 5.73 Å². The maximum absolute atomic E-state index is 11.2. The minimum Gasteiger partial charge on any atom is -0.368 e. The molecule has 0 saturated carbocycles. The van der Waals surface area contributed by atoms with Crippen molar-refractivity contribution in [3.8, 4) is 0 Å². The molecule has 4 nitrogen and oxygen atoms in total. The van der Waals surface area contributed by atoms with E-state index in [0.29, 0.717) is 0 Å². The van der Waals surface area contributed by atoms with Gasteiger partial charge in [-0.1, -0.05) is 11.7 Å². The number of piperazine rings is 1. The smallest absolute Gasteiger partial charge is 0.237 e. The van der Waals surface area contributed by atoms with Gasteiger partial charge in [0, 0.05) is 26.2 Å². The van der Waals surface area contributed by atoms with Gasteiger partial charge in [0.25, 0.3) is 0 Å². The summed E-state index contributed by atoms with van der Waals surface area (Å²) >= 11 is 4.14.